The number of nitrogens with zero attached hydrogens (tertiary/aromatic N) is 1. The molecule has 0 bridgehead atoms. The van der Waals surface area contributed by atoms with Crippen LogP contribution >= 0.6 is 0 Å². The molecule has 1 atom stereocenters. The van der Waals surface area contributed by atoms with Gasteiger partial charge in [-0.1, -0.05) is 6.07 Å². The minimum Gasteiger partial charge on any atom is -0.380 e. The maximum absolute atomic E-state index is 11.3. The smallest absolute Gasteiger partial charge is 0.152 e. The summed E-state index contributed by atoms with van der Waals surface area (Å²) >= 11 is 0. The summed E-state index contributed by atoms with van der Waals surface area (Å²) in [5.41, 5.74) is 2.34. The van der Waals surface area contributed by atoms with Gasteiger partial charge in [-0.25, -0.2) is 8.42 Å². The Kier molecular flexibility index (Phi) is 3.07. The fourth-order valence-corrected chi connectivity index (χ4v) is 3.68. The van der Waals surface area contributed by atoms with Crippen molar-refractivity contribution < 1.29 is 8.42 Å². The lowest BCUT2D eigenvalue weighted by atomic mass is 10.1. The van der Waals surface area contributed by atoms with E-state index in [0.717, 1.165) is 11.3 Å². The van der Waals surface area contributed by atoms with Gasteiger partial charge < -0.3 is 5.32 Å². The third-order valence-electron chi connectivity index (χ3n) is 2.89. The lowest BCUT2D eigenvalue weighted by molar-refractivity contribution is 0.602. The van der Waals surface area contributed by atoms with E-state index < -0.39 is 9.84 Å². The van der Waals surface area contributed by atoms with Crippen LogP contribution < -0.4 is 5.32 Å². The summed E-state index contributed by atoms with van der Waals surface area (Å²) in [4.78, 5) is 0. The summed E-state index contributed by atoms with van der Waals surface area (Å²) in [6.07, 6.45) is 0.612. The molecular formula is C12H14N2O2S. The van der Waals surface area contributed by atoms with Crippen LogP contribution in [0, 0.1) is 18.3 Å². The quantitative estimate of drug-likeness (QED) is 0.862. The van der Waals surface area contributed by atoms with Crippen LogP contribution in [0.1, 0.15) is 17.5 Å². The van der Waals surface area contributed by atoms with Crippen molar-refractivity contribution in [3.05, 3.63) is 29.3 Å². The number of sulfone groups is 1. The van der Waals surface area contributed by atoms with Crippen molar-refractivity contribution in [1.29, 1.82) is 5.26 Å². The topological polar surface area (TPSA) is 70.0 Å². The third kappa shape index (κ3) is 2.77. The predicted octanol–water partition coefficient (Wildman–Crippen LogP) is 1.47. The molecule has 1 unspecified atom stereocenters. The molecule has 17 heavy (non-hydrogen) atoms. The minimum atomic E-state index is -2.89. The summed E-state index contributed by atoms with van der Waals surface area (Å²) in [7, 11) is -2.89. The van der Waals surface area contributed by atoms with Gasteiger partial charge >= 0.3 is 0 Å². The summed E-state index contributed by atoms with van der Waals surface area (Å²) in [5.74, 6) is 0.393. The van der Waals surface area contributed by atoms with Gasteiger partial charge in [-0.3, -0.25) is 0 Å². The van der Waals surface area contributed by atoms with Crippen LogP contribution in [0.3, 0.4) is 0 Å². The van der Waals surface area contributed by atoms with Crippen LogP contribution in [0.4, 0.5) is 5.69 Å². The lowest BCUT2D eigenvalue weighted by Gasteiger charge is -2.14. The van der Waals surface area contributed by atoms with E-state index in [0.29, 0.717) is 12.0 Å². The van der Waals surface area contributed by atoms with Crippen molar-refractivity contribution in [2.45, 2.75) is 19.4 Å². The number of aryl methyl sites for hydroxylation is 1. The molecule has 1 heterocycles. The molecule has 1 N–H and O–H groups in total. The van der Waals surface area contributed by atoms with E-state index in [9.17, 15) is 8.42 Å². The highest BCUT2D eigenvalue weighted by Gasteiger charge is 2.28. The van der Waals surface area contributed by atoms with E-state index in [4.69, 9.17) is 5.26 Å². The molecule has 0 saturated carbocycles. The number of anilines is 1. The largest absolute Gasteiger partial charge is 0.380 e. The van der Waals surface area contributed by atoms with Crippen molar-refractivity contribution >= 4 is 15.5 Å². The van der Waals surface area contributed by atoms with Gasteiger partial charge in [0, 0.05) is 6.04 Å². The van der Waals surface area contributed by atoms with E-state index >= 15 is 0 Å². The first-order valence-electron chi connectivity index (χ1n) is 5.48. The van der Waals surface area contributed by atoms with Crippen molar-refractivity contribution in [2.75, 3.05) is 16.8 Å². The molecule has 1 aliphatic heterocycles. The summed E-state index contributed by atoms with van der Waals surface area (Å²) in [6.45, 7) is 1.94. The molecule has 0 spiro atoms. The van der Waals surface area contributed by atoms with Crippen molar-refractivity contribution in [3.63, 3.8) is 0 Å². The van der Waals surface area contributed by atoms with Crippen LogP contribution in [0.2, 0.25) is 0 Å². The second-order valence-electron chi connectivity index (χ2n) is 4.41. The fourth-order valence-electron chi connectivity index (χ4n) is 2.00. The highest BCUT2D eigenvalue weighted by Crippen LogP contribution is 2.21. The Labute approximate surface area is 101 Å². The van der Waals surface area contributed by atoms with E-state index in [2.05, 4.69) is 11.4 Å². The number of nitriles is 1. The number of nitrogens with one attached hydrogen (secondary N) is 1. The summed E-state index contributed by atoms with van der Waals surface area (Å²) in [5, 5.41) is 12.1. The van der Waals surface area contributed by atoms with E-state index in [1.54, 1.807) is 6.07 Å². The van der Waals surface area contributed by atoms with Gasteiger partial charge in [0.25, 0.3) is 0 Å². The number of hydrogen-bond acceptors (Lipinski definition) is 4. The van der Waals surface area contributed by atoms with Gasteiger partial charge in [0.15, 0.2) is 9.84 Å². The fraction of sp³-hybridized carbons (Fsp3) is 0.417. The monoisotopic (exact) mass is 250 g/mol. The van der Waals surface area contributed by atoms with Crippen molar-refractivity contribution in [3.8, 4) is 6.07 Å². The molecule has 1 fully saturated rings. The lowest BCUT2D eigenvalue weighted by Crippen LogP contribution is -2.21. The number of benzene rings is 1. The molecule has 0 aromatic heterocycles. The maximum atomic E-state index is 11.3. The summed E-state index contributed by atoms with van der Waals surface area (Å²) < 4.78 is 22.7. The Morgan fingerprint density at radius 1 is 1.47 bits per heavy atom. The van der Waals surface area contributed by atoms with Crippen molar-refractivity contribution in [1.82, 2.24) is 0 Å². The highest BCUT2D eigenvalue weighted by atomic mass is 32.2. The second kappa shape index (κ2) is 4.38. The van der Waals surface area contributed by atoms with Crippen LogP contribution in [0.5, 0.6) is 0 Å². The van der Waals surface area contributed by atoms with E-state index in [1.165, 1.54) is 0 Å². The zero-order valence-corrected chi connectivity index (χ0v) is 10.4. The summed E-state index contributed by atoms with van der Waals surface area (Å²) in [6, 6.07) is 7.53. The number of hydrogen-bond donors (Lipinski definition) is 1. The first-order chi connectivity index (χ1) is 8.00. The van der Waals surface area contributed by atoms with Gasteiger partial charge in [-0.15, -0.1) is 0 Å². The average molecular weight is 250 g/mol. The standard InChI is InChI=1S/C12H14N2O2S/c1-9-2-3-10(7-13)12(6-9)14-11-4-5-17(15,16)8-11/h2-3,6,11,14H,4-5,8H2,1H3. The highest BCUT2D eigenvalue weighted by molar-refractivity contribution is 7.91. The zero-order chi connectivity index (χ0) is 12.5. The molecule has 1 saturated heterocycles. The molecule has 1 aromatic rings. The van der Waals surface area contributed by atoms with Crippen LogP contribution in [0.25, 0.3) is 0 Å². The Bertz CT molecular complexity index is 573. The van der Waals surface area contributed by atoms with Crippen LogP contribution in [-0.4, -0.2) is 26.0 Å². The molecule has 5 heteroatoms. The van der Waals surface area contributed by atoms with E-state index in [-0.39, 0.29) is 17.5 Å². The molecule has 4 nitrogen and oxygen atoms in total. The Morgan fingerprint density at radius 3 is 2.82 bits per heavy atom. The van der Waals surface area contributed by atoms with Crippen LogP contribution in [0.15, 0.2) is 18.2 Å². The van der Waals surface area contributed by atoms with E-state index in [1.807, 2.05) is 19.1 Å². The molecule has 90 valence electrons. The maximum Gasteiger partial charge on any atom is 0.152 e. The van der Waals surface area contributed by atoms with Gasteiger partial charge in [0.2, 0.25) is 0 Å². The molecule has 2 rings (SSSR count). The predicted molar refractivity (Wildman–Crippen MR) is 66.6 cm³/mol. The molecular weight excluding hydrogens is 236 g/mol. The normalized spacial score (nSPS) is 22.0. The third-order valence-corrected chi connectivity index (χ3v) is 4.66. The van der Waals surface area contributed by atoms with Gasteiger partial charge in [0.05, 0.1) is 22.8 Å². The molecule has 1 aromatic carbocycles. The average Bonchev–Trinajstić information content (AvgIpc) is 2.58. The first kappa shape index (κ1) is 11.9. The van der Waals surface area contributed by atoms with Gasteiger partial charge in [-0.05, 0) is 31.0 Å². The Balaban J connectivity index is 2.20. The second-order valence-corrected chi connectivity index (χ2v) is 6.63. The van der Waals surface area contributed by atoms with Gasteiger partial charge in [0.1, 0.15) is 6.07 Å². The Morgan fingerprint density at radius 2 is 2.24 bits per heavy atom. The Hall–Kier alpha value is -1.54. The molecule has 0 amide bonds. The van der Waals surface area contributed by atoms with Crippen LogP contribution in [-0.2, 0) is 9.84 Å². The SMILES string of the molecule is Cc1ccc(C#N)c(NC2CCS(=O)(=O)C2)c1. The molecule has 0 aliphatic carbocycles. The first-order valence-corrected chi connectivity index (χ1v) is 7.30. The zero-order valence-electron chi connectivity index (χ0n) is 9.60. The minimum absolute atomic E-state index is 0.0751. The van der Waals surface area contributed by atoms with Gasteiger partial charge in [-0.2, -0.15) is 5.26 Å². The molecule has 0 radical (unpaired) electrons. The van der Waals surface area contributed by atoms with Crippen molar-refractivity contribution in [2.24, 2.45) is 0 Å². The molecule has 1 aliphatic rings. The number of rotatable bonds is 2.